The fraction of sp³-hybridized carbons (Fsp3) is 0.385. The van der Waals surface area contributed by atoms with E-state index in [2.05, 4.69) is 5.32 Å². The van der Waals surface area contributed by atoms with Gasteiger partial charge >= 0.3 is 5.97 Å². The van der Waals surface area contributed by atoms with Crippen LogP contribution in [0.15, 0.2) is 18.2 Å². The molecule has 4 nitrogen and oxygen atoms in total. The molecule has 0 unspecified atom stereocenters. The normalized spacial score (nSPS) is 10.1. The van der Waals surface area contributed by atoms with Gasteiger partial charge in [-0.25, -0.2) is 4.39 Å². The number of carboxylic acid groups (broad SMARTS) is 1. The van der Waals surface area contributed by atoms with Crippen molar-refractivity contribution < 1.29 is 19.1 Å². The number of amides is 1. The molecule has 0 aliphatic rings. The summed E-state index contributed by atoms with van der Waals surface area (Å²) < 4.78 is 12.8. The lowest BCUT2D eigenvalue weighted by atomic mass is 10.1. The van der Waals surface area contributed by atoms with Gasteiger partial charge in [0.15, 0.2) is 0 Å². The summed E-state index contributed by atoms with van der Waals surface area (Å²) in [5.41, 5.74) is 1.81. The van der Waals surface area contributed by atoms with Crippen LogP contribution in [0, 0.1) is 12.7 Å². The van der Waals surface area contributed by atoms with Crippen molar-refractivity contribution in [2.45, 2.75) is 26.2 Å². The molecular weight excluding hydrogens is 237 g/mol. The van der Waals surface area contributed by atoms with Crippen molar-refractivity contribution in [1.29, 1.82) is 0 Å². The molecule has 1 amide bonds. The maximum Gasteiger partial charge on any atom is 0.303 e. The van der Waals surface area contributed by atoms with E-state index in [-0.39, 0.29) is 24.6 Å². The number of aliphatic carboxylic acids is 1. The van der Waals surface area contributed by atoms with Crippen LogP contribution in [-0.2, 0) is 16.0 Å². The van der Waals surface area contributed by atoms with Gasteiger partial charge in [0.2, 0.25) is 5.91 Å². The van der Waals surface area contributed by atoms with Crippen LogP contribution >= 0.6 is 0 Å². The number of benzene rings is 1. The summed E-state index contributed by atoms with van der Waals surface area (Å²) in [6.45, 7) is 2.23. The average Bonchev–Trinajstić information content (AvgIpc) is 2.29. The van der Waals surface area contributed by atoms with Crippen LogP contribution in [0.2, 0.25) is 0 Å². The third kappa shape index (κ3) is 4.95. The van der Waals surface area contributed by atoms with Crippen molar-refractivity contribution in [2.24, 2.45) is 0 Å². The van der Waals surface area contributed by atoms with Gasteiger partial charge in [-0.2, -0.15) is 0 Å². The summed E-state index contributed by atoms with van der Waals surface area (Å²) in [7, 11) is 0. The van der Waals surface area contributed by atoms with Crippen LogP contribution in [-0.4, -0.2) is 23.5 Å². The lowest BCUT2D eigenvalue weighted by molar-refractivity contribution is -0.138. The molecular formula is C13H16FNO3. The van der Waals surface area contributed by atoms with Crippen molar-refractivity contribution in [3.05, 3.63) is 35.1 Å². The molecule has 1 aromatic carbocycles. The first-order valence-electron chi connectivity index (χ1n) is 5.72. The van der Waals surface area contributed by atoms with Gasteiger partial charge in [0.25, 0.3) is 0 Å². The maximum atomic E-state index is 12.8. The number of rotatable bonds is 6. The number of hydrogen-bond donors (Lipinski definition) is 2. The molecule has 0 saturated carbocycles. The Morgan fingerprint density at radius 2 is 2.06 bits per heavy atom. The van der Waals surface area contributed by atoms with Crippen molar-refractivity contribution in [2.75, 3.05) is 6.54 Å². The smallest absolute Gasteiger partial charge is 0.303 e. The van der Waals surface area contributed by atoms with Crippen LogP contribution in [0.1, 0.15) is 24.0 Å². The average molecular weight is 253 g/mol. The molecule has 0 heterocycles. The molecule has 0 spiro atoms. The first-order chi connectivity index (χ1) is 8.49. The predicted molar refractivity (Wildman–Crippen MR) is 64.7 cm³/mol. The number of hydrogen-bond acceptors (Lipinski definition) is 2. The topological polar surface area (TPSA) is 66.4 Å². The molecule has 0 bridgehead atoms. The Kier molecular flexibility index (Phi) is 5.30. The maximum absolute atomic E-state index is 12.8. The highest BCUT2D eigenvalue weighted by molar-refractivity contribution is 5.80. The van der Waals surface area contributed by atoms with Crippen molar-refractivity contribution in [3.8, 4) is 0 Å². The van der Waals surface area contributed by atoms with Crippen molar-refractivity contribution in [3.63, 3.8) is 0 Å². The van der Waals surface area contributed by atoms with Crippen molar-refractivity contribution in [1.82, 2.24) is 5.32 Å². The SMILES string of the molecule is Cc1cc(F)ccc1CCNC(=O)CCC(=O)O. The van der Waals surface area contributed by atoms with Gasteiger partial charge in [0, 0.05) is 13.0 Å². The summed E-state index contributed by atoms with van der Waals surface area (Å²) in [4.78, 5) is 21.5. The van der Waals surface area contributed by atoms with E-state index in [4.69, 9.17) is 5.11 Å². The quantitative estimate of drug-likeness (QED) is 0.810. The van der Waals surface area contributed by atoms with E-state index in [0.717, 1.165) is 11.1 Å². The third-order valence-electron chi connectivity index (χ3n) is 2.59. The molecule has 0 aliphatic carbocycles. The van der Waals surface area contributed by atoms with E-state index in [1.54, 1.807) is 6.07 Å². The van der Waals surface area contributed by atoms with E-state index in [1.165, 1.54) is 12.1 Å². The zero-order chi connectivity index (χ0) is 13.5. The lowest BCUT2D eigenvalue weighted by Gasteiger charge is -2.07. The Hall–Kier alpha value is -1.91. The van der Waals surface area contributed by atoms with E-state index in [1.807, 2.05) is 6.92 Å². The molecule has 0 fully saturated rings. The minimum atomic E-state index is -0.987. The van der Waals surface area contributed by atoms with Crippen LogP contribution < -0.4 is 5.32 Å². The van der Waals surface area contributed by atoms with Gasteiger partial charge in [0.05, 0.1) is 6.42 Å². The minimum absolute atomic E-state index is 0.0161. The van der Waals surface area contributed by atoms with Gasteiger partial charge in [-0.05, 0) is 36.6 Å². The minimum Gasteiger partial charge on any atom is -0.481 e. The fourth-order valence-corrected chi connectivity index (χ4v) is 1.59. The Morgan fingerprint density at radius 3 is 2.67 bits per heavy atom. The van der Waals surface area contributed by atoms with Gasteiger partial charge in [-0.1, -0.05) is 6.07 Å². The van der Waals surface area contributed by atoms with E-state index < -0.39 is 5.97 Å². The Labute approximate surface area is 105 Å². The van der Waals surface area contributed by atoms with Crippen LogP contribution in [0.4, 0.5) is 4.39 Å². The zero-order valence-electron chi connectivity index (χ0n) is 10.2. The number of carboxylic acids is 1. The van der Waals surface area contributed by atoms with Crippen LogP contribution in [0.25, 0.3) is 0 Å². The molecule has 1 rings (SSSR count). The second-order valence-corrected chi connectivity index (χ2v) is 4.06. The van der Waals surface area contributed by atoms with Crippen LogP contribution in [0.5, 0.6) is 0 Å². The lowest BCUT2D eigenvalue weighted by Crippen LogP contribution is -2.26. The highest BCUT2D eigenvalue weighted by Gasteiger charge is 2.05. The predicted octanol–water partition coefficient (Wildman–Crippen LogP) is 1.66. The summed E-state index contributed by atoms with van der Waals surface area (Å²) in [5.74, 6) is -1.54. The van der Waals surface area contributed by atoms with E-state index >= 15 is 0 Å². The van der Waals surface area contributed by atoms with Crippen molar-refractivity contribution >= 4 is 11.9 Å². The third-order valence-corrected chi connectivity index (χ3v) is 2.59. The number of nitrogens with one attached hydrogen (secondary N) is 1. The van der Waals surface area contributed by atoms with E-state index in [0.29, 0.717) is 13.0 Å². The molecule has 98 valence electrons. The number of carbonyl (C=O) groups is 2. The Balaban J connectivity index is 2.33. The Bertz CT molecular complexity index is 446. The van der Waals surface area contributed by atoms with Gasteiger partial charge < -0.3 is 10.4 Å². The molecule has 0 aliphatic heterocycles. The number of halogens is 1. The number of aryl methyl sites for hydroxylation is 1. The van der Waals surface area contributed by atoms with Gasteiger partial charge in [0.1, 0.15) is 5.82 Å². The van der Waals surface area contributed by atoms with Gasteiger partial charge in [-0.15, -0.1) is 0 Å². The molecule has 1 aromatic rings. The molecule has 0 saturated heterocycles. The first-order valence-corrected chi connectivity index (χ1v) is 5.72. The molecule has 0 aromatic heterocycles. The molecule has 5 heteroatoms. The first kappa shape index (κ1) is 14.2. The monoisotopic (exact) mass is 253 g/mol. The molecule has 0 atom stereocenters. The second-order valence-electron chi connectivity index (χ2n) is 4.06. The highest BCUT2D eigenvalue weighted by atomic mass is 19.1. The Morgan fingerprint density at radius 1 is 1.33 bits per heavy atom. The standard InChI is InChI=1S/C13H16FNO3/c1-9-8-11(14)3-2-10(9)6-7-15-12(16)4-5-13(17)18/h2-3,8H,4-7H2,1H3,(H,15,16)(H,17,18). The van der Waals surface area contributed by atoms with E-state index in [9.17, 15) is 14.0 Å². The summed E-state index contributed by atoms with van der Waals surface area (Å²) in [6.07, 6.45) is 0.421. The zero-order valence-corrected chi connectivity index (χ0v) is 10.2. The molecule has 0 radical (unpaired) electrons. The van der Waals surface area contributed by atoms with Gasteiger partial charge in [-0.3, -0.25) is 9.59 Å². The molecule has 18 heavy (non-hydrogen) atoms. The molecule has 2 N–H and O–H groups in total. The fourth-order valence-electron chi connectivity index (χ4n) is 1.59. The summed E-state index contributed by atoms with van der Waals surface area (Å²) in [5, 5.41) is 11.0. The highest BCUT2D eigenvalue weighted by Crippen LogP contribution is 2.10. The second kappa shape index (κ2) is 6.74. The summed E-state index contributed by atoms with van der Waals surface area (Å²) >= 11 is 0. The largest absolute Gasteiger partial charge is 0.481 e. The number of carbonyl (C=O) groups excluding carboxylic acids is 1. The summed E-state index contributed by atoms with van der Waals surface area (Å²) in [6, 6.07) is 4.52. The van der Waals surface area contributed by atoms with Crippen LogP contribution in [0.3, 0.4) is 0 Å².